The molecule has 0 N–H and O–H groups in total. The summed E-state index contributed by atoms with van der Waals surface area (Å²) in [5.41, 5.74) is 0. The second kappa shape index (κ2) is 3.16. The summed E-state index contributed by atoms with van der Waals surface area (Å²) in [6.45, 7) is 6.13. The molecule has 1 aliphatic heterocycles. The highest BCUT2D eigenvalue weighted by Crippen LogP contribution is 2.16. The van der Waals surface area contributed by atoms with Crippen molar-refractivity contribution in [2.45, 2.75) is 25.9 Å². The van der Waals surface area contributed by atoms with Gasteiger partial charge < -0.3 is 4.74 Å². The fraction of sp³-hybridized carbons (Fsp3) is 1.00. The molecule has 1 saturated heterocycles. The summed E-state index contributed by atoms with van der Waals surface area (Å²) in [5, 5.41) is 0. The van der Waals surface area contributed by atoms with Crippen LogP contribution in [0.4, 0.5) is 0 Å². The molecule has 2 atom stereocenters. The molecule has 0 saturated carbocycles. The van der Waals surface area contributed by atoms with Gasteiger partial charge in [-0.25, -0.2) is 3.11 Å². The van der Waals surface area contributed by atoms with Gasteiger partial charge in [0.2, 0.25) is 0 Å². The molecule has 0 unspecified atom stereocenters. The molecular weight excluding hydrogens is 229 g/mol. The lowest BCUT2D eigenvalue weighted by Gasteiger charge is -2.33. The number of hydrogen-bond acceptors (Lipinski definition) is 2. The average molecular weight is 241 g/mol. The fourth-order valence-corrected chi connectivity index (χ4v) is 1.31. The van der Waals surface area contributed by atoms with Gasteiger partial charge >= 0.3 is 0 Å². The lowest BCUT2D eigenvalue weighted by molar-refractivity contribution is 0.0199. The Morgan fingerprint density at radius 2 is 1.78 bits per heavy atom. The van der Waals surface area contributed by atoms with E-state index in [2.05, 4.69) is 39.8 Å². The summed E-state index contributed by atoms with van der Waals surface area (Å²) in [7, 11) is 0. The van der Waals surface area contributed by atoms with Crippen LogP contribution in [0.2, 0.25) is 0 Å². The van der Waals surface area contributed by atoms with E-state index in [-0.39, 0.29) is 0 Å². The van der Waals surface area contributed by atoms with Crippen molar-refractivity contribution in [3.05, 3.63) is 0 Å². The van der Waals surface area contributed by atoms with Crippen LogP contribution in [0, 0.1) is 0 Å². The third-order valence-electron chi connectivity index (χ3n) is 1.56. The van der Waals surface area contributed by atoms with Gasteiger partial charge in [-0.05, 0) is 13.8 Å². The summed E-state index contributed by atoms with van der Waals surface area (Å²) in [6.07, 6.45) is 0. The molecule has 0 bridgehead atoms. The van der Waals surface area contributed by atoms with Crippen LogP contribution in [-0.2, 0) is 4.74 Å². The summed E-state index contributed by atoms with van der Waals surface area (Å²) >= 11 is 2.36. The second-order valence-corrected chi connectivity index (χ2v) is 3.69. The SMILES string of the molecule is C[C@H]1COC[C@H](C)N1I. The number of ether oxygens (including phenoxy) is 1. The van der Waals surface area contributed by atoms with Crippen molar-refractivity contribution in [2.75, 3.05) is 13.2 Å². The minimum atomic E-state index is 0.578. The van der Waals surface area contributed by atoms with Crippen LogP contribution in [0.5, 0.6) is 0 Å². The first kappa shape index (κ1) is 7.75. The van der Waals surface area contributed by atoms with Gasteiger partial charge in [-0.1, -0.05) is 0 Å². The number of rotatable bonds is 0. The molecule has 1 fully saturated rings. The minimum Gasteiger partial charge on any atom is -0.378 e. The van der Waals surface area contributed by atoms with Crippen molar-refractivity contribution < 1.29 is 4.74 Å². The van der Waals surface area contributed by atoms with E-state index in [1.54, 1.807) is 0 Å². The predicted octanol–water partition coefficient (Wildman–Crippen LogP) is 1.45. The van der Waals surface area contributed by atoms with Crippen molar-refractivity contribution in [3.8, 4) is 0 Å². The highest BCUT2D eigenvalue weighted by molar-refractivity contribution is 14.1. The van der Waals surface area contributed by atoms with Crippen molar-refractivity contribution in [1.29, 1.82) is 0 Å². The van der Waals surface area contributed by atoms with E-state index in [0.29, 0.717) is 12.1 Å². The number of nitrogens with zero attached hydrogens (tertiary/aromatic N) is 1. The maximum atomic E-state index is 5.32. The van der Waals surface area contributed by atoms with Crippen molar-refractivity contribution in [2.24, 2.45) is 0 Å². The van der Waals surface area contributed by atoms with Crippen LogP contribution >= 0.6 is 22.9 Å². The van der Waals surface area contributed by atoms with Gasteiger partial charge in [0.15, 0.2) is 0 Å². The molecule has 0 aromatic rings. The lowest BCUT2D eigenvalue weighted by atomic mass is 10.2. The van der Waals surface area contributed by atoms with Crippen LogP contribution in [-0.4, -0.2) is 28.4 Å². The molecule has 1 heterocycles. The smallest absolute Gasteiger partial charge is 0.0628 e. The first-order valence-electron chi connectivity index (χ1n) is 3.23. The highest BCUT2D eigenvalue weighted by atomic mass is 127. The molecule has 9 heavy (non-hydrogen) atoms. The highest BCUT2D eigenvalue weighted by Gasteiger charge is 2.22. The zero-order chi connectivity index (χ0) is 6.85. The quantitative estimate of drug-likeness (QED) is 0.470. The monoisotopic (exact) mass is 241 g/mol. The summed E-state index contributed by atoms with van der Waals surface area (Å²) in [5.74, 6) is 0. The van der Waals surface area contributed by atoms with Gasteiger partial charge in [-0.2, -0.15) is 0 Å². The Balaban J connectivity index is 2.41. The Bertz CT molecular complexity index is 89.1. The van der Waals surface area contributed by atoms with Gasteiger partial charge in [-0.3, -0.25) is 0 Å². The average Bonchev–Trinajstić information content (AvgIpc) is 1.83. The van der Waals surface area contributed by atoms with E-state index in [0.717, 1.165) is 13.2 Å². The molecule has 1 aliphatic rings. The molecule has 0 aromatic heterocycles. The normalized spacial score (nSPS) is 39.0. The first-order valence-corrected chi connectivity index (χ1v) is 4.20. The van der Waals surface area contributed by atoms with Crippen molar-refractivity contribution >= 4 is 22.9 Å². The summed E-state index contributed by atoms with van der Waals surface area (Å²) in [6, 6.07) is 1.16. The Morgan fingerprint density at radius 1 is 1.33 bits per heavy atom. The Hall–Kier alpha value is 0.650. The third kappa shape index (κ3) is 1.78. The van der Waals surface area contributed by atoms with Gasteiger partial charge in [0.05, 0.1) is 13.2 Å². The van der Waals surface area contributed by atoms with Gasteiger partial charge in [0.25, 0.3) is 0 Å². The minimum absolute atomic E-state index is 0.578. The van der Waals surface area contributed by atoms with Gasteiger partial charge in [0.1, 0.15) is 0 Å². The Kier molecular flexibility index (Phi) is 2.73. The molecule has 0 radical (unpaired) electrons. The van der Waals surface area contributed by atoms with Crippen LogP contribution < -0.4 is 0 Å². The van der Waals surface area contributed by atoms with Crippen LogP contribution in [0.1, 0.15) is 13.8 Å². The maximum absolute atomic E-state index is 5.32. The van der Waals surface area contributed by atoms with E-state index in [9.17, 15) is 0 Å². The van der Waals surface area contributed by atoms with Crippen LogP contribution in [0.25, 0.3) is 0 Å². The zero-order valence-corrected chi connectivity index (χ0v) is 7.96. The van der Waals surface area contributed by atoms with Crippen LogP contribution in [0.3, 0.4) is 0 Å². The molecule has 0 aliphatic carbocycles. The van der Waals surface area contributed by atoms with E-state index < -0.39 is 0 Å². The zero-order valence-electron chi connectivity index (χ0n) is 5.80. The lowest BCUT2D eigenvalue weighted by Crippen LogP contribution is -2.43. The Morgan fingerprint density at radius 3 is 2.11 bits per heavy atom. The van der Waals surface area contributed by atoms with E-state index in [1.165, 1.54) is 0 Å². The molecule has 3 heteroatoms. The number of morpholine rings is 1. The maximum Gasteiger partial charge on any atom is 0.0628 e. The molecule has 0 aromatic carbocycles. The van der Waals surface area contributed by atoms with Crippen LogP contribution in [0.15, 0.2) is 0 Å². The van der Waals surface area contributed by atoms with E-state index in [1.807, 2.05) is 0 Å². The molecule has 54 valence electrons. The third-order valence-corrected chi connectivity index (χ3v) is 3.46. The second-order valence-electron chi connectivity index (χ2n) is 2.58. The van der Waals surface area contributed by atoms with E-state index in [4.69, 9.17) is 4.74 Å². The summed E-state index contributed by atoms with van der Waals surface area (Å²) in [4.78, 5) is 0. The van der Waals surface area contributed by atoms with Gasteiger partial charge in [-0.15, -0.1) is 0 Å². The molecule has 2 nitrogen and oxygen atoms in total. The number of hydrogen-bond donors (Lipinski definition) is 0. The summed E-state index contributed by atoms with van der Waals surface area (Å²) < 4.78 is 7.64. The van der Waals surface area contributed by atoms with Crippen molar-refractivity contribution in [3.63, 3.8) is 0 Å². The number of halogens is 1. The topological polar surface area (TPSA) is 12.5 Å². The largest absolute Gasteiger partial charge is 0.378 e. The molecule has 1 rings (SSSR count). The predicted molar refractivity (Wildman–Crippen MR) is 45.6 cm³/mol. The van der Waals surface area contributed by atoms with Gasteiger partial charge in [0, 0.05) is 34.9 Å². The van der Waals surface area contributed by atoms with Crippen molar-refractivity contribution in [1.82, 2.24) is 3.11 Å². The molecule has 0 amide bonds. The fourth-order valence-electron chi connectivity index (χ4n) is 0.986. The first-order chi connectivity index (χ1) is 4.22. The molecule has 0 spiro atoms. The standard InChI is InChI=1S/C6H12INO/c1-5-3-9-4-6(2)8(5)7/h5-6H,3-4H2,1-2H3/t5-,6-/m0/s1. The Labute approximate surface area is 70.0 Å². The van der Waals surface area contributed by atoms with E-state index >= 15 is 0 Å². The molecular formula is C6H12INO.